The van der Waals surface area contributed by atoms with Crippen molar-refractivity contribution in [2.24, 2.45) is 10.7 Å². The van der Waals surface area contributed by atoms with Crippen molar-refractivity contribution in [3.63, 3.8) is 0 Å². The summed E-state index contributed by atoms with van der Waals surface area (Å²) in [6.45, 7) is 4.06. The highest BCUT2D eigenvalue weighted by Crippen LogP contribution is 2.11. The average Bonchev–Trinajstić information content (AvgIpc) is 2.55. The molecule has 0 saturated heterocycles. The van der Waals surface area contributed by atoms with Gasteiger partial charge in [0.25, 0.3) is 0 Å². The lowest BCUT2D eigenvalue weighted by atomic mass is 10.1. The summed E-state index contributed by atoms with van der Waals surface area (Å²) in [5, 5.41) is 5.77. The fourth-order valence-corrected chi connectivity index (χ4v) is 2.05. The molecular weight excluding hydrogens is 415 g/mol. The van der Waals surface area contributed by atoms with E-state index in [1.165, 1.54) is 11.1 Å². The number of nitrogens with two attached hydrogens (primary N) is 1. The summed E-state index contributed by atoms with van der Waals surface area (Å²) in [6, 6.07) is 15.5. The fraction of sp³-hybridized carbons (Fsp3) is 0.222. The van der Waals surface area contributed by atoms with Gasteiger partial charge in [0.2, 0.25) is 5.91 Å². The van der Waals surface area contributed by atoms with E-state index in [0.717, 1.165) is 17.8 Å². The molecule has 0 fully saturated rings. The Balaban J connectivity index is 0.00000288. The standard InChI is InChI=1S/C18H22N4O.HI/c1-3-14-5-4-6-16(11-14)21-17(23)12-20-18(19)22-15-9-7-13(2)8-10-15;/h4-11H,3,12H2,1-2H3,(H,21,23)(H3,19,20,22);1H. The quantitative estimate of drug-likeness (QED) is 0.380. The van der Waals surface area contributed by atoms with E-state index >= 15 is 0 Å². The second kappa shape index (κ2) is 9.92. The molecule has 0 aliphatic heterocycles. The van der Waals surface area contributed by atoms with Gasteiger partial charge in [-0.25, -0.2) is 4.99 Å². The summed E-state index contributed by atoms with van der Waals surface area (Å²) in [5.41, 5.74) is 9.74. The molecule has 2 aromatic rings. The summed E-state index contributed by atoms with van der Waals surface area (Å²) >= 11 is 0. The van der Waals surface area contributed by atoms with Crippen LogP contribution in [0.4, 0.5) is 11.4 Å². The van der Waals surface area contributed by atoms with E-state index in [1.54, 1.807) is 0 Å². The van der Waals surface area contributed by atoms with Crippen LogP contribution in [0.2, 0.25) is 0 Å². The SMILES string of the molecule is CCc1cccc(NC(=O)CN=C(N)Nc2ccc(C)cc2)c1.I. The first-order chi connectivity index (χ1) is 11.1. The molecule has 1 amide bonds. The van der Waals surface area contributed by atoms with Crippen LogP contribution in [0.25, 0.3) is 0 Å². The Labute approximate surface area is 159 Å². The Morgan fingerprint density at radius 1 is 1.08 bits per heavy atom. The largest absolute Gasteiger partial charge is 0.370 e. The molecule has 0 radical (unpaired) electrons. The lowest BCUT2D eigenvalue weighted by Crippen LogP contribution is -2.25. The molecule has 6 heteroatoms. The number of guanidine groups is 1. The van der Waals surface area contributed by atoms with E-state index in [4.69, 9.17) is 5.73 Å². The van der Waals surface area contributed by atoms with Crippen LogP contribution in [0.1, 0.15) is 18.1 Å². The maximum absolute atomic E-state index is 11.9. The third-order valence-corrected chi connectivity index (χ3v) is 3.34. The van der Waals surface area contributed by atoms with Crippen LogP contribution < -0.4 is 16.4 Å². The van der Waals surface area contributed by atoms with Gasteiger partial charge < -0.3 is 16.4 Å². The van der Waals surface area contributed by atoms with Gasteiger partial charge in [-0.3, -0.25) is 4.79 Å². The van der Waals surface area contributed by atoms with Crippen molar-refractivity contribution in [3.05, 3.63) is 59.7 Å². The molecule has 0 aliphatic carbocycles. The zero-order valence-corrected chi connectivity index (χ0v) is 16.2. The molecule has 4 N–H and O–H groups in total. The van der Waals surface area contributed by atoms with Gasteiger partial charge in [-0.1, -0.05) is 36.8 Å². The van der Waals surface area contributed by atoms with Gasteiger partial charge in [0.15, 0.2) is 5.96 Å². The molecule has 0 heterocycles. The Morgan fingerprint density at radius 3 is 2.46 bits per heavy atom. The number of anilines is 2. The van der Waals surface area contributed by atoms with Gasteiger partial charge in [-0.15, -0.1) is 24.0 Å². The summed E-state index contributed by atoms with van der Waals surface area (Å²) < 4.78 is 0. The maximum atomic E-state index is 11.9. The first-order valence-corrected chi connectivity index (χ1v) is 7.59. The predicted octanol–water partition coefficient (Wildman–Crippen LogP) is 3.54. The number of halogens is 1. The van der Waals surface area contributed by atoms with Crippen LogP contribution in [0.5, 0.6) is 0 Å². The molecule has 5 nitrogen and oxygen atoms in total. The first-order valence-electron chi connectivity index (χ1n) is 7.59. The van der Waals surface area contributed by atoms with Crippen LogP contribution >= 0.6 is 24.0 Å². The molecular formula is C18H23IN4O. The van der Waals surface area contributed by atoms with E-state index in [1.807, 2.05) is 55.5 Å². The lowest BCUT2D eigenvalue weighted by Gasteiger charge is -2.07. The third-order valence-electron chi connectivity index (χ3n) is 3.34. The number of benzene rings is 2. The number of nitrogens with zero attached hydrogens (tertiary/aromatic N) is 1. The maximum Gasteiger partial charge on any atom is 0.246 e. The smallest absolute Gasteiger partial charge is 0.246 e. The van der Waals surface area contributed by atoms with E-state index in [-0.39, 0.29) is 42.4 Å². The van der Waals surface area contributed by atoms with Gasteiger partial charge in [-0.05, 0) is 43.2 Å². The number of aliphatic imine (C=N–C) groups is 1. The molecule has 128 valence electrons. The number of aryl methyl sites for hydroxylation is 2. The molecule has 24 heavy (non-hydrogen) atoms. The number of hydrogen-bond acceptors (Lipinski definition) is 2. The van der Waals surface area contributed by atoms with Crippen molar-refractivity contribution in [1.29, 1.82) is 0 Å². The minimum absolute atomic E-state index is 0. The minimum atomic E-state index is -0.202. The predicted molar refractivity (Wildman–Crippen MR) is 111 cm³/mol. The highest BCUT2D eigenvalue weighted by molar-refractivity contribution is 14.0. The van der Waals surface area contributed by atoms with Crippen molar-refractivity contribution >= 4 is 47.2 Å². The van der Waals surface area contributed by atoms with E-state index in [9.17, 15) is 4.79 Å². The van der Waals surface area contributed by atoms with Crippen molar-refractivity contribution in [2.45, 2.75) is 20.3 Å². The van der Waals surface area contributed by atoms with Crippen LogP contribution in [0.15, 0.2) is 53.5 Å². The van der Waals surface area contributed by atoms with Gasteiger partial charge >= 0.3 is 0 Å². The second-order valence-corrected chi connectivity index (χ2v) is 5.29. The molecule has 0 unspecified atom stereocenters. The summed E-state index contributed by atoms with van der Waals surface area (Å²) in [5.74, 6) is 0.0122. The van der Waals surface area contributed by atoms with Gasteiger partial charge in [0.1, 0.15) is 6.54 Å². The van der Waals surface area contributed by atoms with Crippen LogP contribution in [-0.4, -0.2) is 18.4 Å². The molecule has 0 atom stereocenters. The first kappa shape index (κ1) is 20.0. The number of carbonyl (C=O) groups excluding carboxylic acids is 1. The van der Waals surface area contributed by atoms with Crippen LogP contribution in [0, 0.1) is 6.92 Å². The number of hydrogen-bond donors (Lipinski definition) is 3. The van der Waals surface area contributed by atoms with Crippen molar-refractivity contribution in [2.75, 3.05) is 17.2 Å². The third kappa shape index (κ3) is 6.57. The Bertz CT molecular complexity index is 698. The average molecular weight is 438 g/mol. The van der Waals surface area contributed by atoms with Gasteiger partial charge in [-0.2, -0.15) is 0 Å². The van der Waals surface area contributed by atoms with E-state index in [2.05, 4.69) is 22.5 Å². The van der Waals surface area contributed by atoms with E-state index < -0.39 is 0 Å². The van der Waals surface area contributed by atoms with Crippen molar-refractivity contribution in [1.82, 2.24) is 0 Å². The van der Waals surface area contributed by atoms with E-state index in [0.29, 0.717) is 0 Å². The van der Waals surface area contributed by atoms with Crippen molar-refractivity contribution < 1.29 is 4.79 Å². The summed E-state index contributed by atoms with van der Waals surface area (Å²) in [7, 11) is 0. The van der Waals surface area contributed by atoms with Gasteiger partial charge in [0, 0.05) is 11.4 Å². The topological polar surface area (TPSA) is 79.5 Å². The fourth-order valence-electron chi connectivity index (χ4n) is 2.05. The minimum Gasteiger partial charge on any atom is -0.370 e. The Morgan fingerprint density at radius 2 is 1.79 bits per heavy atom. The molecule has 0 spiro atoms. The zero-order chi connectivity index (χ0) is 16.7. The molecule has 0 aromatic heterocycles. The van der Waals surface area contributed by atoms with Gasteiger partial charge in [0.05, 0.1) is 0 Å². The normalized spacial score (nSPS) is 10.7. The van der Waals surface area contributed by atoms with Crippen LogP contribution in [-0.2, 0) is 11.2 Å². The monoisotopic (exact) mass is 438 g/mol. The molecule has 2 rings (SSSR count). The Hall–Kier alpha value is -2.09. The Kier molecular flexibility index (Phi) is 8.25. The summed E-state index contributed by atoms with van der Waals surface area (Å²) in [4.78, 5) is 16.0. The molecule has 0 saturated carbocycles. The lowest BCUT2D eigenvalue weighted by molar-refractivity contribution is -0.114. The van der Waals surface area contributed by atoms with Crippen LogP contribution in [0.3, 0.4) is 0 Å². The molecule has 0 bridgehead atoms. The summed E-state index contributed by atoms with van der Waals surface area (Å²) in [6.07, 6.45) is 0.926. The second-order valence-electron chi connectivity index (χ2n) is 5.29. The van der Waals surface area contributed by atoms with Crippen molar-refractivity contribution in [3.8, 4) is 0 Å². The molecule has 2 aromatic carbocycles. The highest BCUT2D eigenvalue weighted by atomic mass is 127. The zero-order valence-electron chi connectivity index (χ0n) is 13.9. The number of rotatable bonds is 5. The number of nitrogens with one attached hydrogen (secondary N) is 2. The number of carbonyl (C=O) groups is 1. The molecule has 0 aliphatic rings. The highest BCUT2D eigenvalue weighted by Gasteiger charge is 2.03. The number of amides is 1.